The summed E-state index contributed by atoms with van der Waals surface area (Å²) in [5.74, 6) is 2.34. The Labute approximate surface area is 86.0 Å². The SMILES string of the molecule is CC(C)(C)[P@]1(=O)C=C[C@@H]2C=CC=C[C@H]21. The van der Waals surface area contributed by atoms with Gasteiger partial charge >= 0.3 is 0 Å². The Bertz CT molecular complexity index is 368. The Morgan fingerprint density at radius 1 is 1.07 bits per heavy atom. The number of rotatable bonds is 0. The van der Waals surface area contributed by atoms with E-state index in [1.807, 2.05) is 18.0 Å². The Kier molecular flexibility index (Phi) is 2.12. The first-order valence-corrected chi connectivity index (χ1v) is 6.93. The van der Waals surface area contributed by atoms with E-state index in [9.17, 15) is 4.57 Å². The first kappa shape index (κ1) is 9.98. The van der Waals surface area contributed by atoms with Crippen LogP contribution in [0.1, 0.15) is 20.8 Å². The first-order valence-electron chi connectivity index (χ1n) is 5.09. The highest BCUT2D eigenvalue weighted by molar-refractivity contribution is 7.69. The first-order chi connectivity index (χ1) is 6.45. The predicted octanol–water partition coefficient (Wildman–Crippen LogP) is 3.79. The average Bonchev–Trinajstić information content (AvgIpc) is 2.45. The molecule has 0 aromatic carbocycles. The molecule has 0 radical (unpaired) electrons. The Balaban J connectivity index is 2.42. The molecule has 0 unspecified atom stereocenters. The lowest BCUT2D eigenvalue weighted by molar-refractivity contribution is 0.547. The maximum atomic E-state index is 12.8. The van der Waals surface area contributed by atoms with Crippen molar-refractivity contribution < 1.29 is 4.57 Å². The second-order valence-electron chi connectivity index (χ2n) is 5.06. The van der Waals surface area contributed by atoms with Crippen molar-refractivity contribution in [2.45, 2.75) is 31.6 Å². The maximum Gasteiger partial charge on any atom is 0.120 e. The van der Waals surface area contributed by atoms with Crippen LogP contribution in [-0.2, 0) is 4.57 Å². The van der Waals surface area contributed by atoms with Crippen LogP contribution in [0.3, 0.4) is 0 Å². The molecule has 3 atom stereocenters. The second kappa shape index (κ2) is 2.97. The van der Waals surface area contributed by atoms with Crippen LogP contribution < -0.4 is 0 Å². The minimum Gasteiger partial charge on any atom is -0.318 e. The molecule has 1 heterocycles. The number of hydrogen-bond acceptors (Lipinski definition) is 1. The van der Waals surface area contributed by atoms with E-state index in [1.165, 1.54) is 0 Å². The third-order valence-electron chi connectivity index (χ3n) is 3.17. The molecule has 0 aromatic heterocycles. The van der Waals surface area contributed by atoms with Crippen molar-refractivity contribution in [3.05, 3.63) is 36.2 Å². The van der Waals surface area contributed by atoms with Gasteiger partial charge in [0.05, 0.1) is 0 Å². The standard InChI is InChI=1S/C12H17OP/c1-12(2,3)14(13)9-8-10-6-4-5-7-11(10)14/h4-11H,1-3H3/t10-,11+,14-/m0/s1. The lowest BCUT2D eigenvalue weighted by atomic mass is 10.0. The highest BCUT2D eigenvalue weighted by atomic mass is 31.2. The highest BCUT2D eigenvalue weighted by Crippen LogP contribution is 2.68. The summed E-state index contributed by atoms with van der Waals surface area (Å²) in [5.41, 5.74) is 0.215. The molecule has 1 nitrogen and oxygen atoms in total. The third-order valence-corrected chi connectivity index (χ3v) is 7.28. The second-order valence-corrected chi connectivity index (χ2v) is 8.71. The van der Waals surface area contributed by atoms with Crippen LogP contribution in [0.2, 0.25) is 0 Å². The van der Waals surface area contributed by atoms with Crippen molar-refractivity contribution in [1.82, 2.24) is 0 Å². The molecule has 0 amide bonds. The van der Waals surface area contributed by atoms with E-state index in [0.29, 0.717) is 5.92 Å². The van der Waals surface area contributed by atoms with Gasteiger partial charge in [0.1, 0.15) is 7.14 Å². The zero-order chi connectivity index (χ0) is 10.4. The Hall–Kier alpha value is -0.550. The number of fused-ring (bicyclic) bond motifs is 1. The molecule has 14 heavy (non-hydrogen) atoms. The molecule has 2 heteroatoms. The molecule has 0 spiro atoms. The van der Waals surface area contributed by atoms with Gasteiger partial charge in [0.2, 0.25) is 0 Å². The van der Waals surface area contributed by atoms with Crippen molar-refractivity contribution >= 4 is 7.14 Å². The van der Waals surface area contributed by atoms with E-state index in [-0.39, 0.29) is 10.8 Å². The summed E-state index contributed by atoms with van der Waals surface area (Å²) in [5, 5.41) is -0.113. The highest BCUT2D eigenvalue weighted by Gasteiger charge is 2.46. The summed E-state index contributed by atoms with van der Waals surface area (Å²) in [6.45, 7) is 6.23. The molecule has 0 N–H and O–H groups in total. The molecule has 2 rings (SSSR count). The molecule has 0 bridgehead atoms. The minimum absolute atomic E-state index is 0.113. The lowest BCUT2D eigenvalue weighted by Gasteiger charge is -2.33. The number of hydrogen-bond donors (Lipinski definition) is 0. The van der Waals surface area contributed by atoms with E-state index in [0.717, 1.165) is 0 Å². The molecule has 0 aromatic rings. The largest absolute Gasteiger partial charge is 0.318 e. The quantitative estimate of drug-likeness (QED) is 0.553. The van der Waals surface area contributed by atoms with Crippen molar-refractivity contribution in [3.63, 3.8) is 0 Å². The van der Waals surface area contributed by atoms with Crippen LogP contribution in [0.25, 0.3) is 0 Å². The maximum absolute atomic E-state index is 12.8. The molecule has 2 aliphatic rings. The fraction of sp³-hybridized carbons (Fsp3) is 0.500. The molecule has 1 aliphatic heterocycles. The van der Waals surface area contributed by atoms with Crippen LogP contribution in [-0.4, -0.2) is 10.8 Å². The summed E-state index contributed by atoms with van der Waals surface area (Å²) >= 11 is 0. The smallest absolute Gasteiger partial charge is 0.120 e. The van der Waals surface area contributed by atoms with E-state index in [1.54, 1.807) is 0 Å². The van der Waals surface area contributed by atoms with E-state index in [2.05, 4.69) is 39.0 Å². The zero-order valence-electron chi connectivity index (χ0n) is 8.97. The van der Waals surface area contributed by atoms with Crippen molar-refractivity contribution in [2.75, 3.05) is 0 Å². The van der Waals surface area contributed by atoms with E-state index in [4.69, 9.17) is 0 Å². The third kappa shape index (κ3) is 1.26. The van der Waals surface area contributed by atoms with Crippen molar-refractivity contribution in [2.24, 2.45) is 5.92 Å². The van der Waals surface area contributed by atoms with Gasteiger partial charge in [-0.05, 0) is 5.82 Å². The van der Waals surface area contributed by atoms with Gasteiger partial charge in [-0.15, -0.1) is 0 Å². The number of allylic oxidation sites excluding steroid dienone is 5. The van der Waals surface area contributed by atoms with Gasteiger partial charge < -0.3 is 4.57 Å². The predicted molar refractivity (Wildman–Crippen MR) is 62.1 cm³/mol. The van der Waals surface area contributed by atoms with Gasteiger partial charge in [0, 0.05) is 16.7 Å². The van der Waals surface area contributed by atoms with Crippen molar-refractivity contribution in [3.8, 4) is 0 Å². The zero-order valence-corrected chi connectivity index (χ0v) is 9.87. The van der Waals surface area contributed by atoms with Gasteiger partial charge in [0.15, 0.2) is 0 Å². The summed E-state index contributed by atoms with van der Waals surface area (Å²) in [6, 6.07) is 0. The van der Waals surface area contributed by atoms with Gasteiger partial charge in [-0.25, -0.2) is 0 Å². The summed E-state index contributed by atoms with van der Waals surface area (Å²) in [6.07, 6.45) is 10.4. The van der Waals surface area contributed by atoms with Gasteiger partial charge in [-0.1, -0.05) is 51.2 Å². The monoisotopic (exact) mass is 208 g/mol. The Morgan fingerprint density at radius 2 is 1.71 bits per heavy atom. The molecule has 0 saturated heterocycles. The topological polar surface area (TPSA) is 17.1 Å². The van der Waals surface area contributed by atoms with Crippen molar-refractivity contribution in [1.29, 1.82) is 0 Å². The van der Waals surface area contributed by atoms with Gasteiger partial charge in [-0.3, -0.25) is 0 Å². The summed E-state index contributed by atoms with van der Waals surface area (Å²) in [4.78, 5) is 0. The van der Waals surface area contributed by atoms with Crippen LogP contribution in [0.4, 0.5) is 0 Å². The Morgan fingerprint density at radius 3 is 2.36 bits per heavy atom. The average molecular weight is 208 g/mol. The lowest BCUT2D eigenvalue weighted by Crippen LogP contribution is -2.23. The molecule has 0 fully saturated rings. The molecule has 1 aliphatic carbocycles. The molecule has 0 saturated carbocycles. The van der Waals surface area contributed by atoms with Crippen LogP contribution >= 0.6 is 7.14 Å². The van der Waals surface area contributed by atoms with Crippen LogP contribution in [0, 0.1) is 5.92 Å². The van der Waals surface area contributed by atoms with Crippen LogP contribution in [0.5, 0.6) is 0 Å². The minimum atomic E-state index is -2.20. The summed E-state index contributed by atoms with van der Waals surface area (Å²) < 4.78 is 12.8. The normalized spacial score (nSPS) is 40.2. The molecular formula is C12H17OP. The van der Waals surface area contributed by atoms with E-state index >= 15 is 0 Å². The fourth-order valence-corrected chi connectivity index (χ4v) is 5.23. The van der Waals surface area contributed by atoms with Gasteiger partial charge in [-0.2, -0.15) is 0 Å². The fourth-order valence-electron chi connectivity index (χ4n) is 2.17. The molecular weight excluding hydrogens is 191 g/mol. The molecule has 76 valence electrons. The van der Waals surface area contributed by atoms with Gasteiger partial charge in [0.25, 0.3) is 0 Å². The van der Waals surface area contributed by atoms with E-state index < -0.39 is 7.14 Å². The van der Waals surface area contributed by atoms with Crippen LogP contribution in [0.15, 0.2) is 36.2 Å². The summed E-state index contributed by atoms with van der Waals surface area (Å²) in [7, 11) is -2.20.